The van der Waals surface area contributed by atoms with Crippen molar-refractivity contribution in [2.45, 2.75) is 5.38 Å². The molecule has 0 saturated heterocycles. The summed E-state index contributed by atoms with van der Waals surface area (Å²) in [7, 11) is 0. The van der Waals surface area contributed by atoms with Gasteiger partial charge < -0.3 is 0 Å². The lowest BCUT2D eigenvalue weighted by molar-refractivity contribution is 1.14. The fraction of sp³-hybridized carbons (Fsp3) is 0.0769. The Labute approximate surface area is 124 Å². The predicted molar refractivity (Wildman–Crippen MR) is 78.3 cm³/mol. The van der Waals surface area contributed by atoms with Gasteiger partial charge in [0.05, 0.1) is 15.4 Å². The van der Waals surface area contributed by atoms with Crippen molar-refractivity contribution in [2.75, 3.05) is 0 Å². The second-order valence-electron chi connectivity index (χ2n) is 3.59. The molecule has 0 radical (unpaired) electrons. The maximum atomic E-state index is 6.39. The van der Waals surface area contributed by atoms with Crippen LogP contribution >= 0.6 is 50.7 Å². The Kier molecular flexibility index (Phi) is 4.37. The van der Waals surface area contributed by atoms with E-state index in [0.29, 0.717) is 10.0 Å². The van der Waals surface area contributed by atoms with Gasteiger partial charge in [-0.25, -0.2) is 0 Å². The van der Waals surface area contributed by atoms with Gasteiger partial charge in [0, 0.05) is 4.47 Å². The molecule has 0 heterocycles. The second-order valence-corrected chi connectivity index (χ2v) is 5.75. The van der Waals surface area contributed by atoms with Gasteiger partial charge in [-0.1, -0.05) is 57.3 Å². The van der Waals surface area contributed by atoms with Crippen LogP contribution in [0.4, 0.5) is 0 Å². The van der Waals surface area contributed by atoms with Crippen molar-refractivity contribution >= 4 is 50.7 Å². The smallest absolute Gasteiger partial charge is 0.0836 e. The van der Waals surface area contributed by atoms with E-state index in [1.165, 1.54) is 0 Å². The summed E-state index contributed by atoms with van der Waals surface area (Å²) in [5.41, 5.74) is 1.96. The van der Waals surface area contributed by atoms with E-state index in [4.69, 9.17) is 34.8 Å². The van der Waals surface area contributed by atoms with E-state index in [1.54, 1.807) is 12.1 Å². The van der Waals surface area contributed by atoms with E-state index in [2.05, 4.69) is 15.9 Å². The molecule has 0 bridgehead atoms. The fourth-order valence-corrected chi connectivity index (χ4v) is 2.35. The first-order valence-corrected chi connectivity index (χ1v) is 6.91. The van der Waals surface area contributed by atoms with Crippen molar-refractivity contribution < 1.29 is 0 Å². The van der Waals surface area contributed by atoms with Crippen LogP contribution in [0.15, 0.2) is 46.9 Å². The minimum atomic E-state index is -0.224. The molecular weight excluding hydrogens is 342 g/mol. The van der Waals surface area contributed by atoms with Gasteiger partial charge in [0.25, 0.3) is 0 Å². The predicted octanol–water partition coefficient (Wildman–Crippen LogP) is 6.08. The van der Waals surface area contributed by atoms with Gasteiger partial charge in [-0.2, -0.15) is 0 Å². The van der Waals surface area contributed by atoms with Crippen molar-refractivity contribution in [2.24, 2.45) is 0 Å². The topological polar surface area (TPSA) is 0 Å². The Hall–Kier alpha value is -0.210. The lowest BCUT2D eigenvalue weighted by atomic mass is 10.0. The largest absolute Gasteiger partial charge is 0.113 e. The van der Waals surface area contributed by atoms with Crippen molar-refractivity contribution in [3.8, 4) is 0 Å². The van der Waals surface area contributed by atoms with Crippen LogP contribution in [0, 0.1) is 0 Å². The van der Waals surface area contributed by atoms with Crippen LogP contribution in [-0.2, 0) is 0 Å². The number of alkyl halides is 1. The average molecular weight is 350 g/mol. The molecular formula is C13H8BrCl3. The van der Waals surface area contributed by atoms with Crippen molar-refractivity contribution in [1.82, 2.24) is 0 Å². The van der Waals surface area contributed by atoms with Gasteiger partial charge in [-0.3, -0.25) is 0 Å². The molecule has 0 aliphatic rings. The molecule has 1 unspecified atom stereocenters. The minimum Gasteiger partial charge on any atom is -0.113 e. The van der Waals surface area contributed by atoms with Gasteiger partial charge in [0.2, 0.25) is 0 Å². The van der Waals surface area contributed by atoms with Crippen LogP contribution in [0.25, 0.3) is 0 Å². The molecule has 0 fully saturated rings. The Morgan fingerprint density at radius 2 is 1.41 bits per heavy atom. The minimum absolute atomic E-state index is 0.224. The molecule has 0 N–H and O–H groups in total. The zero-order valence-corrected chi connectivity index (χ0v) is 12.5. The van der Waals surface area contributed by atoms with Crippen LogP contribution in [0.2, 0.25) is 10.0 Å². The summed E-state index contributed by atoms with van der Waals surface area (Å²) in [6.07, 6.45) is 0. The molecule has 0 nitrogen and oxygen atoms in total. The zero-order chi connectivity index (χ0) is 12.4. The number of halogens is 4. The molecule has 2 aromatic carbocycles. The highest BCUT2D eigenvalue weighted by Gasteiger charge is 2.11. The molecule has 88 valence electrons. The maximum Gasteiger partial charge on any atom is 0.0836 e. The highest BCUT2D eigenvalue weighted by Crippen LogP contribution is 2.33. The van der Waals surface area contributed by atoms with Crippen LogP contribution in [0.5, 0.6) is 0 Å². The normalized spacial score (nSPS) is 12.5. The summed E-state index contributed by atoms with van der Waals surface area (Å²) in [5.74, 6) is 0. The molecule has 0 saturated carbocycles. The molecule has 1 atom stereocenters. The third-order valence-electron chi connectivity index (χ3n) is 2.40. The molecule has 4 heteroatoms. The van der Waals surface area contributed by atoms with Crippen LogP contribution < -0.4 is 0 Å². The Bertz CT molecular complexity index is 523. The molecule has 17 heavy (non-hydrogen) atoms. The average Bonchev–Trinajstić information content (AvgIpc) is 2.33. The summed E-state index contributed by atoms with van der Waals surface area (Å²) < 4.78 is 1.03. The van der Waals surface area contributed by atoms with Crippen molar-refractivity contribution in [3.63, 3.8) is 0 Å². The Morgan fingerprint density at radius 3 is 2.00 bits per heavy atom. The SMILES string of the molecule is Clc1ccc(C(Cl)c2ccc(Br)cc2)cc1Cl. The van der Waals surface area contributed by atoms with E-state index in [1.807, 2.05) is 30.3 Å². The second kappa shape index (κ2) is 5.62. The summed E-state index contributed by atoms with van der Waals surface area (Å²) in [5, 5.41) is 0.833. The van der Waals surface area contributed by atoms with Crippen LogP contribution in [-0.4, -0.2) is 0 Å². The first-order chi connectivity index (χ1) is 8.08. The molecule has 0 aliphatic carbocycles. The molecule has 0 aliphatic heterocycles. The standard InChI is InChI=1S/C13H8BrCl3/c14-10-4-1-8(2-5-10)13(17)9-3-6-11(15)12(16)7-9/h1-7,13H. The monoisotopic (exact) mass is 348 g/mol. The van der Waals surface area contributed by atoms with E-state index in [-0.39, 0.29) is 5.38 Å². The van der Waals surface area contributed by atoms with Gasteiger partial charge >= 0.3 is 0 Å². The first-order valence-electron chi connectivity index (χ1n) is 4.92. The van der Waals surface area contributed by atoms with E-state index in [0.717, 1.165) is 15.6 Å². The van der Waals surface area contributed by atoms with Crippen LogP contribution in [0.1, 0.15) is 16.5 Å². The lowest BCUT2D eigenvalue weighted by Gasteiger charge is -2.11. The van der Waals surface area contributed by atoms with Crippen molar-refractivity contribution in [3.05, 3.63) is 68.1 Å². The van der Waals surface area contributed by atoms with Gasteiger partial charge in [0.15, 0.2) is 0 Å². The van der Waals surface area contributed by atoms with Gasteiger partial charge in [-0.15, -0.1) is 11.6 Å². The van der Waals surface area contributed by atoms with Gasteiger partial charge in [0.1, 0.15) is 0 Å². The molecule has 2 aromatic rings. The van der Waals surface area contributed by atoms with Crippen LogP contribution in [0.3, 0.4) is 0 Å². The van der Waals surface area contributed by atoms with E-state index in [9.17, 15) is 0 Å². The summed E-state index contributed by atoms with van der Waals surface area (Å²) in [6, 6.07) is 13.3. The van der Waals surface area contributed by atoms with Crippen molar-refractivity contribution in [1.29, 1.82) is 0 Å². The third kappa shape index (κ3) is 3.17. The number of benzene rings is 2. The summed E-state index contributed by atoms with van der Waals surface area (Å²) in [4.78, 5) is 0. The fourth-order valence-electron chi connectivity index (χ4n) is 1.49. The maximum absolute atomic E-state index is 6.39. The lowest BCUT2D eigenvalue weighted by Crippen LogP contribution is -1.93. The number of hydrogen-bond acceptors (Lipinski definition) is 0. The van der Waals surface area contributed by atoms with E-state index < -0.39 is 0 Å². The Balaban J connectivity index is 2.33. The first kappa shape index (κ1) is 13.2. The number of rotatable bonds is 2. The number of hydrogen-bond donors (Lipinski definition) is 0. The summed E-state index contributed by atoms with van der Waals surface area (Å²) >= 11 is 21.6. The zero-order valence-electron chi connectivity index (χ0n) is 8.63. The quantitative estimate of drug-likeness (QED) is 0.575. The molecule has 2 rings (SSSR count). The third-order valence-corrected chi connectivity index (χ3v) is 4.17. The highest BCUT2D eigenvalue weighted by atomic mass is 79.9. The molecule has 0 amide bonds. The van der Waals surface area contributed by atoms with Gasteiger partial charge in [-0.05, 0) is 35.4 Å². The molecule has 0 spiro atoms. The Morgan fingerprint density at radius 1 is 0.824 bits per heavy atom. The van der Waals surface area contributed by atoms with E-state index >= 15 is 0 Å². The molecule has 0 aromatic heterocycles. The summed E-state index contributed by atoms with van der Waals surface area (Å²) in [6.45, 7) is 0. The highest BCUT2D eigenvalue weighted by molar-refractivity contribution is 9.10.